The number of alkyl halides is 3. The first kappa shape index (κ1) is 17.4. The SMILES string of the molecule is CCC1(CC)CN(CCSC(F)(F)F)C(C)(C2CC2)CN1. The van der Waals surface area contributed by atoms with Crippen molar-refractivity contribution in [2.24, 2.45) is 5.92 Å². The van der Waals surface area contributed by atoms with E-state index >= 15 is 0 Å². The van der Waals surface area contributed by atoms with Crippen molar-refractivity contribution in [1.82, 2.24) is 10.2 Å². The summed E-state index contributed by atoms with van der Waals surface area (Å²) in [5.74, 6) is 0.780. The van der Waals surface area contributed by atoms with Crippen LogP contribution in [0.3, 0.4) is 0 Å². The highest BCUT2D eigenvalue weighted by molar-refractivity contribution is 8.00. The maximum atomic E-state index is 12.4. The normalized spacial score (nSPS) is 30.6. The van der Waals surface area contributed by atoms with Gasteiger partial charge in [0.25, 0.3) is 0 Å². The second-order valence-corrected chi connectivity index (χ2v) is 7.85. The molecule has 1 saturated heterocycles. The number of halogens is 3. The van der Waals surface area contributed by atoms with Gasteiger partial charge in [-0.2, -0.15) is 13.2 Å². The lowest BCUT2D eigenvalue weighted by molar-refractivity contribution is -0.0336. The summed E-state index contributed by atoms with van der Waals surface area (Å²) < 4.78 is 37.2. The molecule has 0 spiro atoms. The van der Waals surface area contributed by atoms with Crippen molar-refractivity contribution in [3.05, 3.63) is 0 Å². The quantitative estimate of drug-likeness (QED) is 0.798. The minimum Gasteiger partial charge on any atom is -0.308 e. The maximum Gasteiger partial charge on any atom is 0.441 e. The molecule has 21 heavy (non-hydrogen) atoms. The fraction of sp³-hybridized carbons (Fsp3) is 1.00. The summed E-state index contributed by atoms with van der Waals surface area (Å²) >= 11 is 0.113. The summed E-state index contributed by atoms with van der Waals surface area (Å²) in [7, 11) is 0. The van der Waals surface area contributed by atoms with Gasteiger partial charge >= 0.3 is 5.51 Å². The molecule has 0 aromatic heterocycles. The van der Waals surface area contributed by atoms with Crippen LogP contribution in [0.15, 0.2) is 0 Å². The number of nitrogens with one attached hydrogen (secondary N) is 1. The van der Waals surface area contributed by atoms with Crippen molar-refractivity contribution in [3.63, 3.8) is 0 Å². The Kier molecular flexibility index (Phi) is 5.21. The molecule has 0 amide bonds. The van der Waals surface area contributed by atoms with Gasteiger partial charge in [0.1, 0.15) is 0 Å². The van der Waals surface area contributed by atoms with Gasteiger partial charge < -0.3 is 5.32 Å². The van der Waals surface area contributed by atoms with Crippen LogP contribution in [-0.4, -0.2) is 46.9 Å². The van der Waals surface area contributed by atoms with Crippen molar-refractivity contribution in [3.8, 4) is 0 Å². The van der Waals surface area contributed by atoms with Crippen LogP contribution >= 0.6 is 11.8 Å². The highest BCUT2D eigenvalue weighted by Crippen LogP contribution is 2.45. The fourth-order valence-electron chi connectivity index (χ4n) is 3.52. The molecular weight excluding hydrogens is 297 g/mol. The first-order chi connectivity index (χ1) is 9.75. The highest BCUT2D eigenvalue weighted by Gasteiger charge is 2.50. The molecule has 1 aliphatic carbocycles. The van der Waals surface area contributed by atoms with Crippen LogP contribution in [0.5, 0.6) is 0 Å². The van der Waals surface area contributed by atoms with Crippen LogP contribution in [0.1, 0.15) is 46.5 Å². The van der Waals surface area contributed by atoms with Crippen molar-refractivity contribution in [1.29, 1.82) is 0 Å². The summed E-state index contributed by atoms with van der Waals surface area (Å²) in [6, 6.07) is 0. The lowest BCUT2D eigenvalue weighted by Gasteiger charge is -2.54. The molecular formula is C15H27F3N2S. The van der Waals surface area contributed by atoms with Gasteiger partial charge in [0.2, 0.25) is 0 Å². The molecule has 0 bridgehead atoms. The molecule has 1 N–H and O–H groups in total. The minimum absolute atomic E-state index is 0.0278. The zero-order valence-electron chi connectivity index (χ0n) is 13.2. The van der Waals surface area contributed by atoms with E-state index in [0.29, 0.717) is 12.5 Å². The maximum absolute atomic E-state index is 12.4. The third-order valence-electron chi connectivity index (χ3n) is 5.47. The summed E-state index contributed by atoms with van der Waals surface area (Å²) in [5.41, 5.74) is -4.02. The molecule has 2 rings (SSSR count). The third kappa shape index (κ3) is 4.08. The van der Waals surface area contributed by atoms with Crippen molar-refractivity contribution < 1.29 is 13.2 Å². The van der Waals surface area contributed by atoms with Crippen molar-refractivity contribution in [2.45, 2.75) is 63.0 Å². The number of rotatable bonds is 6. The molecule has 2 aliphatic rings. The Labute approximate surface area is 130 Å². The van der Waals surface area contributed by atoms with E-state index < -0.39 is 5.51 Å². The predicted molar refractivity (Wildman–Crippen MR) is 82.5 cm³/mol. The Hall–Kier alpha value is 0.0600. The van der Waals surface area contributed by atoms with E-state index in [2.05, 4.69) is 31.0 Å². The fourth-order valence-corrected chi connectivity index (χ4v) is 4.06. The van der Waals surface area contributed by atoms with E-state index in [4.69, 9.17) is 0 Å². The van der Waals surface area contributed by atoms with Gasteiger partial charge in [0.15, 0.2) is 0 Å². The predicted octanol–water partition coefficient (Wildman–Crippen LogP) is 3.87. The number of hydrogen-bond donors (Lipinski definition) is 1. The standard InChI is InChI=1S/C15H27F3N2S/c1-4-14(5-2)11-20(8-9-21-15(16,17)18)13(3,10-19-14)12-6-7-12/h12,19H,4-11H2,1-3H3. The topological polar surface area (TPSA) is 15.3 Å². The number of piperazine rings is 1. The summed E-state index contributed by atoms with van der Waals surface area (Å²) in [6.45, 7) is 8.85. The Balaban J connectivity index is 2.03. The zero-order valence-corrected chi connectivity index (χ0v) is 14.0. The summed E-state index contributed by atoms with van der Waals surface area (Å²) in [6.07, 6.45) is 4.47. The molecule has 0 aromatic carbocycles. The lowest BCUT2D eigenvalue weighted by Crippen LogP contribution is -2.69. The molecule has 0 radical (unpaired) electrons. The van der Waals surface area contributed by atoms with E-state index in [1.807, 2.05) is 0 Å². The molecule has 0 aromatic rings. The Morgan fingerprint density at radius 3 is 2.33 bits per heavy atom. The summed E-state index contributed by atoms with van der Waals surface area (Å²) in [5, 5.41) is 3.71. The van der Waals surface area contributed by atoms with Gasteiger partial charge in [-0.25, -0.2) is 0 Å². The molecule has 1 aliphatic heterocycles. The molecule has 1 heterocycles. The Morgan fingerprint density at radius 1 is 1.24 bits per heavy atom. The van der Waals surface area contributed by atoms with E-state index in [1.165, 1.54) is 12.8 Å². The van der Waals surface area contributed by atoms with Gasteiger partial charge in [0.05, 0.1) is 0 Å². The molecule has 1 atom stereocenters. The van der Waals surface area contributed by atoms with Crippen molar-refractivity contribution in [2.75, 3.05) is 25.4 Å². The summed E-state index contributed by atoms with van der Waals surface area (Å²) in [4.78, 5) is 2.34. The van der Waals surface area contributed by atoms with Crippen molar-refractivity contribution >= 4 is 11.8 Å². The number of hydrogen-bond acceptors (Lipinski definition) is 3. The average Bonchev–Trinajstić information content (AvgIpc) is 3.25. The molecule has 2 nitrogen and oxygen atoms in total. The van der Waals surface area contributed by atoms with Crippen LogP contribution in [0.2, 0.25) is 0 Å². The van der Waals surface area contributed by atoms with Gasteiger partial charge in [-0.1, -0.05) is 13.8 Å². The van der Waals surface area contributed by atoms with E-state index in [1.54, 1.807) is 0 Å². The van der Waals surface area contributed by atoms with Gasteiger partial charge in [-0.3, -0.25) is 4.90 Å². The van der Waals surface area contributed by atoms with Crippen LogP contribution in [0.4, 0.5) is 13.2 Å². The van der Waals surface area contributed by atoms with E-state index in [-0.39, 0.29) is 28.6 Å². The van der Waals surface area contributed by atoms with Crippen LogP contribution in [-0.2, 0) is 0 Å². The first-order valence-corrected chi connectivity index (χ1v) is 8.94. The molecule has 1 unspecified atom stereocenters. The van der Waals surface area contributed by atoms with Crippen LogP contribution in [0.25, 0.3) is 0 Å². The van der Waals surface area contributed by atoms with E-state index in [9.17, 15) is 13.2 Å². The van der Waals surface area contributed by atoms with E-state index in [0.717, 1.165) is 25.9 Å². The first-order valence-electron chi connectivity index (χ1n) is 7.95. The largest absolute Gasteiger partial charge is 0.441 e. The van der Waals surface area contributed by atoms with Crippen LogP contribution in [0, 0.1) is 5.92 Å². The monoisotopic (exact) mass is 324 g/mol. The Morgan fingerprint density at radius 2 is 1.86 bits per heavy atom. The number of nitrogens with zero attached hydrogens (tertiary/aromatic N) is 1. The highest BCUT2D eigenvalue weighted by atomic mass is 32.2. The third-order valence-corrected chi connectivity index (χ3v) is 6.19. The molecule has 1 saturated carbocycles. The zero-order chi connectivity index (χ0) is 15.7. The van der Waals surface area contributed by atoms with Gasteiger partial charge in [-0.15, -0.1) is 0 Å². The smallest absolute Gasteiger partial charge is 0.308 e. The minimum atomic E-state index is -4.11. The second-order valence-electron chi connectivity index (χ2n) is 6.69. The lowest BCUT2D eigenvalue weighted by atomic mass is 9.82. The molecule has 124 valence electrons. The molecule has 2 fully saturated rings. The van der Waals surface area contributed by atoms with Crippen LogP contribution < -0.4 is 5.32 Å². The average molecular weight is 324 g/mol. The molecule has 6 heteroatoms. The van der Waals surface area contributed by atoms with Gasteiger partial charge in [-0.05, 0) is 50.3 Å². The van der Waals surface area contributed by atoms with Gasteiger partial charge in [0, 0.05) is 36.5 Å². The number of thioether (sulfide) groups is 1. The second kappa shape index (κ2) is 6.28. The Bertz CT molecular complexity index is 353.